The third kappa shape index (κ3) is 9.17. The highest BCUT2D eigenvalue weighted by Crippen LogP contribution is 1.99. The Hall–Kier alpha value is 0.220. The van der Waals surface area contributed by atoms with Crippen molar-refractivity contribution in [2.45, 2.75) is 26.3 Å². The van der Waals surface area contributed by atoms with Gasteiger partial charge in [0, 0.05) is 11.8 Å². The van der Waals surface area contributed by atoms with Crippen molar-refractivity contribution in [3.63, 3.8) is 0 Å². The van der Waals surface area contributed by atoms with Crippen molar-refractivity contribution in [1.82, 2.24) is 10.0 Å². The highest BCUT2D eigenvalue weighted by molar-refractivity contribution is 7.98. The van der Waals surface area contributed by atoms with Gasteiger partial charge in [-0.05, 0) is 32.7 Å². The van der Waals surface area contributed by atoms with Gasteiger partial charge < -0.3 is 5.32 Å². The van der Waals surface area contributed by atoms with Crippen LogP contribution in [0.3, 0.4) is 0 Å². The van der Waals surface area contributed by atoms with Crippen LogP contribution in [0, 0.1) is 0 Å². The van der Waals surface area contributed by atoms with Gasteiger partial charge in [-0.3, -0.25) is 0 Å². The molecule has 15 heavy (non-hydrogen) atoms. The first-order chi connectivity index (χ1) is 7.02. The highest BCUT2D eigenvalue weighted by atomic mass is 32.2. The monoisotopic (exact) mass is 254 g/mol. The first-order valence-corrected chi connectivity index (χ1v) is 8.26. The van der Waals surface area contributed by atoms with E-state index in [9.17, 15) is 8.42 Å². The van der Waals surface area contributed by atoms with Crippen LogP contribution >= 0.6 is 11.8 Å². The molecule has 1 unspecified atom stereocenters. The number of sulfonamides is 1. The van der Waals surface area contributed by atoms with Crippen LogP contribution < -0.4 is 10.0 Å². The standard InChI is InChI=1S/C9H22N2O2S2/c1-4-10-6-5-7-15(12,13)11-9(2)8-14-3/h9-11H,4-8H2,1-3H3. The van der Waals surface area contributed by atoms with E-state index in [1.165, 1.54) is 0 Å². The summed E-state index contributed by atoms with van der Waals surface area (Å²) in [5, 5.41) is 3.10. The van der Waals surface area contributed by atoms with Crippen molar-refractivity contribution < 1.29 is 8.42 Å². The third-order valence-corrected chi connectivity index (χ3v) is 4.23. The molecule has 0 rings (SSSR count). The zero-order valence-electron chi connectivity index (χ0n) is 9.75. The predicted molar refractivity (Wildman–Crippen MR) is 67.9 cm³/mol. The zero-order valence-corrected chi connectivity index (χ0v) is 11.4. The molecule has 1 atom stereocenters. The summed E-state index contributed by atoms with van der Waals surface area (Å²) in [6.07, 6.45) is 2.63. The van der Waals surface area contributed by atoms with Crippen LogP contribution in [-0.4, -0.2) is 45.3 Å². The number of rotatable bonds is 9. The van der Waals surface area contributed by atoms with Crippen molar-refractivity contribution >= 4 is 21.8 Å². The molecule has 0 bridgehead atoms. The molecule has 0 fully saturated rings. The van der Waals surface area contributed by atoms with Gasteiger partial charge in [-0.2, -0.15) is 11.8 Å². The number of hydrogen-bond acceptors (Lipinski definition) is 4. The molecule has 4 nitrogen and oxygen atoms in total. The molecule has 0 aromatic heterocycles. The van der Waals surface area contributed by atoms with E-state index in [4.69, 9.17) is 0 Å². The van der Waals surface area contributed by atoms with Crippen LogP contribution in [0.1, 0.15) is 20.3 Å². The maximum atomic E-state index is 11.5. The number of hydrogen-bond donors (Lipinski definition) is 2. The zero-order chi connectivity index (χ0) is 11.7. The van der Waals surface area contributed by atoms with Gasteiger partial charge in [0.1, 0.15) is 0 Å². The van der Waals surface area contributed by atoms with Crippen molar-refractivity contribution in [2.24, 2.45) is 0 Å². The second-order valence-electron chi connectivity index (χ2n) is 3.50. The molecule has 0 amide bonds. The van der Waals surface area contributed by atoms with Gasteiger partial charge in [-0.1, -0.05) is 6.92 Å². The fraction of sp³-hybridized carbons (Fsp3) is 1.00. The smallest absolute Gasteiger partial charge is 0.211 e. The molecule has 0 aliphatic rings. The van der Waals surface area contributed by atoms with E-state index in [0.717, 1.165) is 18.8 Å². The molecular formula is C9H22N2O2S2. The van der Waals surface area contributed by atoms with Gasteiger partial charge in [-0.25, -0.2) is 13.1 Å². The van der Waals surface area contributed by atoms with Crippen LogP contribution in [0.5, 0.6) is 0 Å². The average Bonchev–Trinajstić information content (AvgIpc) is 2.12. The molecule has 6 heteroatoms. The van der Waals surface area contributed by atoms with Gasteiger partial charge in [0.05, 0.1) is 5.75 Å². The summed E-state index contributed by atoms with van der Waals surface area (Å²) in [6.45, 7) is 5.54. The Morgan fingerprint density at radius 1 is 1.40 bits per heavy atom. The Bertz CT molecular complexity index is 242. The molecule has 0 aliphatic carbocycles. The summed E-state index contributed by atoms with van der Waals surface area (Å²) in [7, 11) is -3.09. The first kappa shape index (κ1) is 15.2. The molecule has 0 radical (unpaired) electrons. The summed E-state index contributed by atoms with van der Waals surface area (Å²) >= 11 is 1.64. The molecule has 0 spiro atoms. The van der Waals surface area contributed by atoms with E-state index in [1.807, 2.05) is 20.1 Å². The molecule has 0 saturated heterocycles. The SMILES string of the molecule is CCNCCCS(=O)(=O)NC(C)CSC. The van der Waals surface area contributed by atoms with Gasteiger partial charge in [0.15, 0.2) is 0 Å². The van der Waals surface area contributed by atoms with Crippen LogP contribution in [-0.2, 0) is 10.0 Å². The molecular weight excluding hydrogens is 232 g/mol. The number of nitrogens with one attached hydrogen (secondary N) is 2. The predicted octanol–water partition coefficient (Wildman–Crippen LogP) is 0.657. The largest absolute Gasteiger partial charge is 0.317 e. The molecule has 0 aliphatic heterocycles. The van der Waals surface area contributed by atoms with Gasteiger partial charge in [0.2, 0.25) is 10.0 Å². The summed E-state index contributed by atoms with van der Waals surface area (Å²) in [5.41, 5.74) is 0. The van der Waals surface area contributed by atoms with E-state index < -0.39 is 10.0 Å². The van der Waals surface area contributed by atoms with Crippen molar-refractivity contribution in [2.75, 3.05) is 30.9 Å². The Kier molecular flexibility index (Phi) is 8.50. The van der Waals surface area contributed by atoms with Crippen molar-refractivity contribution in [1.29, 1.82) is 0 Å². The Labute approximate surface area is 97.6 Å². The third-order valence-electron chi connectivity index (χ3n) is 1.81. The summed E-state index contributed by atoms with van der Waals surface area (Å²) in [6, 6.07) is 0.0177. The summed E-state index contributed by atoms with van der Waals surface area (Å²) in [5.74, 6) is 1.02. The molecule has 2 N–H and O–H groups in total. The minimum Gasteiger partial charge on any atom is -0.317 e. The topological polar surface area (TPSA) is 58.2 Å². The average molecular weight is 254 g/mol. The molecule has 0 aromatic rings. The van der Waals surface area contributed by atoms with Crippen molar-refractivity contribution in [3.05, 3.63) is 0 Å². The Morgan fingerprint density at radius 2 is 2.07 bits per heavy atom. The normalized spacial score (nSPS) is 14.1. The van der Waals surface area contributed by atoms with E-state index >= 15 is 0 Å². The van der Waals surface area contributed by atoms with Gasteiger partial charge >= 0.3 is 0 Å². The first-order valence-electron chi connectivity index (χ1n) is 5.21. The van der Waals surface area contributed by atoms with Crippen LogP contribution in [0.2, 0.25) is 0 Å². The number of thioether (sulfide) groups is 1. The molecule has 0 aromatic carbocycles. The van der Waals surface area contributed by atoms with E-state index in [1.54, 1.807) is 11.8 Å². The minimum absolute atomic E-state index is 0.0177. The van der Waals surface area contributed by atoms with Crippen LogP contribution in [0.4, 0.5) is 0 Å². The van der Waals surface area contributed by atoms with E-state index in [0.29, 0.717) is 6.42 Å². The molecule has 0 saturated carbocycles. The Morgan fingerprint density at radius 3 is 2.60 bits per heavy atom. The maximum absolute atomic E-state index is 11.5. The van der Waals surface area contributed by atoms with E-state index in [2.05, 4.69) is 10.0 Å². The van der Waals surface area contributed by atoms with Crippen molar-refractivity contribution in [3.8, 4) is 0 Å². The summed E-state index contributed by atoms with van der Waals surface area (Å²) in [4.78, 5) is 0. The lowest BCUT2D eigenvalue weighted by Gasteiger charge is -2.12. The summed E-state index contributed by atoms with van der Waals surface area (Å²) < 4.78 is 25.7. The van der Waals surface area contributed by atoms with Crippen LogP contribution in [0.25, 0.3) is 0 Å². The van der Waals surface area contributed by atoms with Gasteiger partial charge in [0.25, 0.3) is 0 Å². The van der Waals surface area contributed by atoms with Crippen LogP contribution in [0.15, 0.2) is 0 Å². The lowest BCUT2D eigenvalue weighted by molar-refractivity contribution is 0.566. The quantitative estimate of drug-likeness (QED) is 0.593. The van der Waals surface area contributed by atoms with E-state index in [-0.39, 0.29) is 11.8 Å². The maximum Gasteiger partial charge on any atom is 0.211 e. The second-order valence-corrected chi connectivity index (χ2v) is 6.28. The fourth-order valence-electron chi connectivity index (χ4n) is 1.21. The van der Waals surface area contributed by atoms with Gasteiger partial charge in [-0.15, -0.1) is 0 Å². The molecule has 92 valence electrons. The minimum atomic E-state index is -3.09. The fourth-order valence-corrected chi connectivity index (χ4v) is 3.24. The lowest BCUT2D eigenvalue weighted by atomic mass is 10.4. The second kappa shape index (κ2) is 8.38. The lowest BCUT2D eigenvalue weighted by Crippen LogP contribution is -2.36. The highest BCUT2D eigenvalue weighted by Gasteiger charge is 2.13. The Balaban J connectivity index is 3.76. The molecule has 0 heterocycles.